The van der Waals surface area contributed by atoms with Crippen LogP contribution in [0.1, 0.15) is 27.2 Å². The minimum absolute atomic E-state index is 0.0811. The van der Waals surface area contributed by atoms with Crippen LogP contribution in [0.5, 0.6) is 5.75 Å². The van der Waals surface area contributed by atoms with Crippen LogP contribution in [0.15, 0.2) is 82.5 Å². The van der Waals surface area contributed by atoms with Crippen LogP contribution in [0, 0.1) is 0 Å². The first-order chi connectivity index (χ1) is 16.5. The zero-order chi connectivity index (χ0) is 23.9. The number of carbonyl (C=O) groups is 1. The molecule has 174 valence electrons. The third kappa shape index (κ3) is 5.63. The molecule has 4 rings (SSSR count). The molecule has 0 unspecified atom stereocenters. The van der Waals surface area contributed by atoms with Gasteiger partial charge in [0.2, 0.25) is 0 Å². The largest absolute Gasteiger partial charge is 0.506 e. The average molecular weight is 477 g/mol. The van der Waals surface area contributed by atoms with E-state index in [4.69, 9.17) is 21.8 Å². The van der Waals surface area contributed by atoms with Crippen LogP contribution in [0.3, 0.4) is 0 Å². The number of halogens is 1. The van der Waals surface area contributed by atoms with Crippen LogP contribution < -0.4 is 11.2 Å². The fraction of sp³-hybridized carbons (Fsp3) is 0.154. The molecule has 0 aliphatic rings. The highest BCUT2D eigenvalue weighted by Crippen LogP contribution is 2.25. The number of nitrogens with two attached hydrogens (primary N) is 1. The Morgan fingerprint density at radius 2 is 1.91 bits per heavy atom. The van der Waals surface area contributed by atoms with Gasteiger partial charge in [-0.15, -0.1) is 0 Å². The Labute approximate surface area is 202 Å². The van der Waals surface area contributed by atoms with Crippen molar-refractivity contribution < 1.29 is 14.3 Å². The maximum Gasteiger partial charge on any atom is 0.271 e. The van der Waals surface area contributed by atoms with Crippen molar-refractivity contribution in [3.8, 4) is 5.75 Å². The molecule has 4 N–H and O–H groups in total. The number of nitrogens with one attached hydrogen (secondary N) is 1. The van der Waals surface area contributed by atoms with Crippen molar-refractivity contribution in [2.45, 2.75) is 13.1 Å². The Hall–Kier alpha value is -3.65. The van der Waals surface area contributed by atoms with Gasteiger partial charge in [0.25, 0.3) is 5.91 Å². The van der Waals surface area contributed by atoms with Crippen LogP contribution in [0.2, 0.25) is 5.02 Å². The molecule has 0 spiro atoms. The lowest BCUT2D eigenvalue weighted by molar-refractivity contribution is 0.0955. The third-order valence-electron chi connectivity index (χ3n) is 5.43. The second kappa shape index (κ2) is 11.0. The highest BCUT2D eigenvalue weighted by atomic mass is 35.5. The third-order valence-corrected chi connectivity index (χ3v) is 5.73. The summed E-state index contributed by atoms with van der Waals surface area (Å²) in [7, 11) is 0. The van der Waals surface area contributed by atoms with Crippen molar-refractivity contribution >= 4 is 34.5 Å². The van der Waals surface area contributed by atoms with Gasteiger partial charge < -0.3 is 15.3 Å². The SMILES string of the molecule is NCCN(Cc1ccco1)Cc1ccc(/C=N/NC(=O)c2ccc(O)c(Cl)c2)c2ccccc12. The van der Waals surface area contributed by atoms with E-state index in [1.165, 1.54) is 18.2 Å². The van der Waals surface area contributed by atoms with Crippen LogP contribution in [0.25, 0.3) is 10.8 Å². The van der Waals surface area contributed by atoms with E-state index in [0.29, 0.717) is 25.2 Å². The molecule has 0 fully saturated rings. The number of phenols is 1. The van der Waals surface area contributed by atoms with Crippen LogP contribution in [-0.2, 0) is 13.1 Å². The molecule has 0 bridgehead atoms. The number of hydrogen-bond acceptors (Lipinski definition) is 6. The topological polar surface area (TPSA) is 104 Å². The molecule has 1 heterocycles. The minimum atomic E-state index is -0.422. The molecular weight excluding hydrogens is 452 g/mol. The lowest BCUT2D eigenvalue weighted by Crippen LogP contribution is -2.28. The first kappa shape index (κ1) is 23.5. The van der Waals surface area contributed by atoms with E-state index in [9.17, 15) is 9.90 Å². The Morgan fingerprint density at radius 1 is 1.09 bits per heavy atom. The van der Waals surface area contributed by atoms with E-state index in [-0.39, 0.29) is 10.8 Å². The first-order valence-corrected chi connectivity index (χ1v) is 11.2. The molecule has 34 heavy (non-hydrogen) atoms. The Balaban J connectivity index is 1.52. The van der Waals surface area contributed by atoms with E-state index < -0.39 is 5.91 Å². The number of hydrazone groups is 1. The maximum atomic E-state index is 12.3. The molecule has 0 radical (unpaired) electrons. The van der Waals surface area contributed by atoms with Crippen molar-refractivity contribution in [1.29, 1.82) is 0 Å². The zero-order valence-corrected chi connectivity index (χ0v) is 19.2. The molecular formula is C26H25ClN4O3. The van der Waals surface area contributed by atoms with Gasteiger partial charge in [-0.1, -0.05) is 48.0 Å². The van der Waals surface area contributed by atoms with Gasteiger partial charge in [0.1, 0.15) is 11.5 Å². The number of furan rings is 1. The van der Waals surface area contributed by atoms with Gasteiger partial charge in [-0.3, -0.25) is 9.69 Å². The second-order valence-corrected chi connectivity index (χ2v) is 8.21. The summed E-state index contributed by atoms with van der Waals surface area (Å²) < 4.78 is 5.51. The molecule has 0 aliphatic carbocycles. The highest BCUT2D eigenvalue weighted by molar-refractivity contribution is 6.32. The number of fused-ring (bicyclic) bond motifs is 1. The van der Waals surface area contributed by atoms with E-state index >= 15 is 0 Å². The highest BCUT2D eigenvalue weighted by Gasteiger charge is 2.12. The number of hydrogen-bond donors (Lipinski definition) is 3. The van der Waals surface area contributed by atoms with Gasteiger partial charge in [0.15, 0.2) is 0 Å². The lowest BCUT2D eigenvalue weighted by atomic mass is 9.99. The maximum absolute atomic E-state index is 12.3. The summed E-state index contributed by atoms with van der Waals surface area (Å²) in [6, 6.07) is 20.2. The lowest BCUT2D eigenvalue weighted by Gasteiger charge is -2.21. The van der Waals surface area contributed by atoms with Crippen LogP contribution >= 0.6 is 11.6 Å². The smallest absolute Gasteiger partial charge is 0.271 e. The number of aromatic hydroxyl groups is 1. The van der Waals surface area contributed by atoms with E-state index in [1.54, 1.807) is 12.5 Å². The summed E-state index contributed by atoms with van der Waals surface area (Å²) in [5, 5.41) is 15.9. The van der Waals surface area contributed by atoms with Crippen molar-refractivity contribution in [3.05, 3.63) is 100 Å². The first-order valence-electron chi connectivity index (χ1n) is 10.8. The van der Waals surface area contributed by atoms with Crippen LogP contribution in [0.4, 0.5) is 0 Å². The Bertz CT molecular complexity index is 1300. The molecule has 1 aromatic heterocycles. The van der Waals surface area contributed by atoms with E-state index in [0.717, 1.165) is 34.2 Å². The second-order valence-electron chi connectivity index (χ2n) is 7.80. The van der Waals surface area contributed by atoms with Crippen molar-refractivity contribution in [3.63, 3.8) is 0 Å². The van der Waals surface area contributed by atoms with Gasteiger partial charge >= 0.3 is 0 Å². The average Bonchev–Trinajstić information content (AvgIpc) is 3.35. The number of phenolic OH excluding ortho intramolecular Hbond substituents is 1. The molecule has 4 aromatic rings. The molecule has 1 amide bonds. The summed E-state index contributed by atoms with van der Waals surface area (Å²) in [5.74, 6) is 0.393. The van der Waals surface area contributed by atoms with Crippen molar-refractivity contribution in [1.82, 2.24) is 10.3 Å². The number of rotatable bonds is 9. The molecule has 0 aliphatic heterocycles. The summed E-state index contributed by atoms with van der Waals surface area (Å²) in [6.07, 6.45) is 3.29. The summed E-state index contributed by atoms with van der Waals surface area (Å²) in [4.78, 5) is 14.6. The monoisotopic (exact) mass is 476 g/mol. The quantitative estimate of drug-likeness (QED) is 0.243. The number of amides is 1. The number of nitrogens with zero attached hydrogens (tertiary/aromatic N) is 2. The Kier molecular flexibility index (Phi) is 7.59. The molecule has 0 saturated carbocycles. The number of benzene rings is 3. The molecule has 0 atom stereocenters. The van der Waals surface area contributed by atoms with Gasteiger partial charge in [0.05, 0.1) is 24.0 Å². The fourth-order valence-corrected chi connectivity index (χ4v) is 3.95. The molecule has 0 saturated heterocycles. The predicted octanol–water partition coefficient (Wildman–Crippen LogP) is 4.52. The fourth-order valence-electron chi connectivity index (χ4n) is 3.77. The van der Waals surface area contributed by atoms with Crippen molar-refractivity contribution in [2.24, 2.45) is 10.8 Å². The summed E-state index contributed by atoms with van der Waals surface area (Å²) >= 11 is 5.88. The molecule has 7 nitrogen and oxygen atoms in total. The van der Waals surface area contributed by atoms with E-state index in [2.05, 4.69) is 27.6 Å². The normalized spacial score (nSPS) is 11.5. The molecule has 3 aromatic carbocycles. The predicted molar refractivity (Wildman–Crippen MR) is 134 cm³/mol. The van der Waals surface area contributed by atoms with Gasteiger partial charge in [-0.25, -0.2) is 5.43 Å². The Morgan fingerprint density at radius 3 is 2.65 bits per heavy atom. The summed E-state index contributed by atoms with van der Waals surface area (Å²) in [5.41, 5.74) is 10.7. The zero-order valence-electron chi connectivity index (χ0n) is 18.4. The van der Waals surface area contributed by atoms with Gasteiger partial charge in [-0.05, 0) is 46.7 Å². The van der Waals surface area contributed by atoms with Gasteiger partial charge in [-0.2, -0.15) is 5.10 Å². The standard InChI is InChI=1S/C26H25ClN4O3/c27-24-14-18(9-10-25(24)32)26(33)30-29-15-19-7-8-20(23-6-2-1-5-22(19)23)16-31(12-11-28)17-21-4-3-13-34-21/h1-10,13-15,32H,11-12,16-17,28H2,(H,30,33)/b29-15+. The van der Waals surface area contributed by atoms with Crippen molar-refractivity contribution in [2.75, 3.05) is 13.1 Å². The summed E-state index contributed by atoms with van der Waals surface area (Å²) in [6.45, 7) is 2.68. The minimum Gasteiger partial charge on any atom is -0.506 e. The number of carbonyl (C=O) groups excluding carboxylic acids is 1. The van der Waals surface area contributed by atoms with Gasteiger partial charge in [0, 0.05) is 30.8 Å². The van der Waals surface area contributed by atoms with Crippen LogP contribution in [-0.4, -0.2) is 35.2 Å². The van der Waals surface area contributed by atoms with E-state index in [1.807, 2.05) is 36.4 Å². The molecule has 8 heteroatoms.